The van der Waals surface area contributed by atoms with Crippen molar-refractivity contribution in [2.75, 3.05) is 5.32 Å². The van der Waals surface area contributed by atoms with E-state index >= 15 is 0 Å². The first kappa shape index (κ1) is 20.5. The van der Waals surface area contributed by atoms with Gasteiger partial charge in [0.05, 0.1) is 16.8 Å². The van der Waals surface area contributed by atoms with E-state index in [1.165, 1.54) is 42.7 Å². The van der Waals surface area contributed by atoms with Gasteiger partial charge in [0, 0.05) is 23.5 Å². The second-order valence-corrected chi connectivity index (χ2v) is 6.33. The summed E-state index contributed by atoms with van der Waals surface area (Å²) < 4.78 is 81.9. The van der Waals surface area contributed by atoms with Crippen molar-refractivity contribution in [3.8, 4) is 5.69 Å². The fourth-order valence-electron chi connectivity index (χ4n) is 3.11. The average Bonchev–Trinajstić information content (AvgIpc) is 2.91. The van der Waals surface area contributed by atoms with Gasteiger partial charge in [-0.15, -0.1) is 0 Å². The summed E-state index contributed by atoms with van der Waals surface area (Å²) >= 11 is 0. The fraction of sp³-hybridized carbons (Fsp3) is 0.150. The summed E-state index contributed by atoms with van der Waals surface area (Å²) in [6.45, 7) is 2.91. The minimum absolute atomic E-state index is 0.0809. The number of hydrogen-bond donors (Lipinski definition) is 1. The summed E-state index contributed by atoms with van der Waals surface area (Å²) in [7, 11) is 0. The van der Waals surface area contributed by atoms with Gasteiger partial charge in [-0.2, -0.15) is 13.2 Å². The average molecular weight is 412 g/mol. The van der Waals surface area contributed by atoms with E-state index in [4.69, 9.17) is 0 Å². The Morgan fingerprint density at radius 1 is 0.966 bits per heavy atom. The molecule has 3 aromatic rings. The highest BCUT2D eigenvalue weighted by Gasteiger charge is 2.34. The van der Waals surface area contributed by atoms with E-state index in [9.17, 15) is 31.1 Å². The zero-order chi connectivity index (χ0) is 21.5. The largest absolute Gasteiger partial charge is 0.418 e. The molecule has 0 aliphatic carbocycles. The van der Waals surface area contributed by atoms with Crippen LogP contribution >= 0.6 is 0 Å². The van der Waals surface area contributed by atoms with E-state index in [2.05, 4.69) is 0 Å². The normalized spacial score (nSPS) is 11.6. The highest BCUT2D eigenvalue weighted by atomic mass is 19.4. The summed E-state index contributed by atoms with van der Waals surface area (Å²) in [4.78, 5) is 12.5. The van der Waals surface area contributed by atoms with Gasteiger partial charge in [0.15, 0.2) is 11.6 Å². The molecule has 0 fully saturated rings. The maximum atomic E-state index is 13.8. The lowest BCUT2D eigenvalue weighted by atomic mass is 10.1. The van der Waals surface area contributed by atoms with E-state index in [1.54, 1.807) is 0 Å². The van der Waals surface area contributed by atoms with E-state index in [1.807, 2.05) is 5.32 Å². The van der Waals surface area contributed by atoms with Gasteiger partial charge in [0.2, 0.25) is 0 Å². The van der Waals surface area contributed by atoms with Crippen LogP contribution in [0.2, 0.25) is 0 Å². The van der Waals surface area contributed by atoms with E-state index in [0.717, 1.165) is 6.07 Å². The second kappa shape index (κ2) is 7.31. The molecule has 1 amide bonds. The Bertz CT molecular complexity index is 1080. The number of hydrogen-bond acceptors (Lipinski definition) is 1. The van der Waals surface area contributed by atoms with Crippen molar-refractivity contribution in [1.82, 2.24) is 4.57 Å². The maximum Gasteiger partial charge on any atom is 0.418 e. The molecule has 29 heavy (non-hydrogen) atoms. The molecule has 152 valence electrons. The Balaban J connectivity index is 2.05. The molecule has 0 saturated heterocycles. The molecule has 1 aromatic heterocycles. The summed E-state index contributed by atoms with van der Waals surface area (Å²) in [5.41, 5.74) is -1.57. The standard InChI is InChI=1S/C20H14F6N2O/c1-10-7-13(19(29)27-18-15(22)8-12(21)9-16(18)23)11(2)28(10)17-6-4-3-5-14(17)20(24,25)26/h3-9H,1-2H3,(H,27,29). The van der Waals surface area contributed by atoms with Crippen molar-refractivity contribution < 1.29 is 31.1 Å². The molecule has 9 heteroatoms. The topological polar surface area (TPSA) is 34.0 Å². The first-order valence-electron chi connectivity index (χ1n) is 8.32. The lowest BCUT2D eigenvalue weighted by molar-refractivity contribution is -0.137. The molecule has 3 rings (SSSR count). The molecule has 0 radical (unpaired) electrons. The third-order valence-electron chi connectivity index (χ3n) is 4.37. The van der Waals surface area contributed by atoms with Crippen LogP contribution in [0.1, 0.15) is 27.3 Å². The third-order valence-corrected chi connectivity index (χ3v) is 4.37. The molecule has 0 saturated carbocycles. The number of aryl methyl sites for hydroxylation is 1. The van der Waals surface area contributed by atoms with Crippen LogP contribution in [0, 0.1) is 31.3 Å². The van der Waals surface area contributed by atoms with Crippen molar-refractivity contribution in [3.63, 3.8) is 0 Å². The van der Waals surface area contributed by atoms with Gasteiger partial charge in [-0.05, 0) is 32.0 Å². The maximum absolute atomic E-state index is 13.8. The summed E-state index contributed by atoms with van der Waals surface area (Å²) in [5.74, 6) is -4.72. The number of benzene rings is 2. The highest BCUT2D eigenvalue weighted by molar-refractivity contribution is 6.05. The van der Waals surface area contributed by atoms with E-state index in [-0.39, 0.29) is 16.9 Å². The number of carbonyl (C=O) groups is 1. The SMILES string of the molecule is Cc1cc(C(=O)Nc2c(F)cc(F)cc2F)c(C)n1-c1ccccc1C(F)(F)F. The number of para-hydroxylation sites is 1. The summed E-state index contributed by atoms with van der Waals surface area (Å²) in [5, 5.41) is 2.01. The Labute approximate surface area is 161 Å². The summed E-state index contributed by atoms with van der Waals surface area (Å²) in [6.07, 6.45) is -4.62. The monoisotopic (exact) mass is 412 g/mol. The Hall–Kier alpha value is -3.23. The molecular weight excluding hydrogens is 398 g/mol. The minimum atomic E-state index is -4.62. The van der Waals surface area contributed by atoms with Crippen LogP contribution < -0.4 is 5.32 Å². The molecule has 0 aliphatic heterocycles. The van der Waals surface area contributed by atoms with Gasteiger partial charge in [0.25, 0.3) is 5.91 Å². The van der Waals surface area contributed by atoms with Gasteiger partial charge in [0.1, 0.15) is 11.5 Å². The van der Waals surface area contributed by atoms with Gasteiger partial charge in [-0.25, -0.2) is 13.2 Å². The van der Waals surface area contributed by atoms with Crippen molar-refractivity contribution >= 4 is 11.6 Å². The predicted molar refractivity (Wildman–Crippen MR) is 94.5 cm³/mol. The second-order valence-electron chi connectivity index (χ2n) is 6.33. The Morgan fingerprint density at radius 2 is 1.55 bits per heavy atom. The van der Waals surface area contributed by atoms with Crippen LogP contribution in [0.25, 0.3) is 5.69 Å². The van der Waals surface area contributed by atoms with Gasteiger partial charge < -0.3 is 9.88 Å². The molecule has 2 aromatic carbocycles. The number of anilines is 1. The Kier molecular flexibility index (Phi) is 5.16. The highest BCUT2D eigenvalue weighted by Crippen LogP contribution is 2.35. The number of rotatable bonds is 3. The molecule has 0 spiro atoms. The summed E-state index contributed by atoms with van der Waals surface area (Å²) in [6, 6.07) is 6.95. The predicted octanol–water partition coefficient (Wildman–Crippen LogP) is 5.78. The zero-order valence-electron chi connectivity index (χ0n) is 15.2. The zero-order valence-corrected chi connectivity index (χ0v) is 15.2. The molecule has 3 nitrogen and oxygen atoms in total. The first-order chi connectivity index (χ1) is 13.5. The number of halogens is 6. The number of nitrogens with zero attached hydrogens (tertiary/aromatic N) is 1. The van der Waals surface area contributed by atoms with Crippen LogP contribution in [-0.4, -0.2) is 10.5 Å². The van der Waals surface area contributed by atoms with Crippen LogP contribution in [0.4, 0.5) is 32.0 Å². The molecule has 0 bridgehead atoms. The van der Waals surface area contributed by atoms with Crippen molar-refractivity contribution in [3.05, 3.63) is 82.4 Å². The fourth-order valence-corrected chi connectivity index (χ4v) is 3.11. The lowest BCUT2D eigenvalue weighted by Crippen LogP contribution is -2.16. The minimum Gasteiger partial charge on any atom is -0.317 e. The number of alkyl halides is 3. The van der Waals surface area contributed by atoms with Crippen LogP contribution in [0.15, 0.2) is 42.5 Å². The third kappa shape index (κ3) is 3.85. The number of aromatic nitrogens is 1. The molecular formula is C20H14F6N2O. The van der Waals surface area contributed by atoms with Gasteiger partial charge in [-0.3, -0.25) is 4.79 Å². The quantitative estimate of drug-likeness (QED) is 0.544. The van der Waals surface area contributed by atoms with Crippen LogP contribution in [0.3, 0.4) is 0 Å². The van der Waals surface area contributed by atoms with Crippen molar-refractivity contribution in [1.29, 1.82) is 0 Å². The Morgan fingerprint density at radius 3 is 2.14 bits per heavy atom. The first-order valence-corrected chi connectivity index (χ1v) is 8.32. The van der Waals surface area contributed by atoms with E-state index < -0.39 is 40.8 Å². The molecule has 1 N–H and O–H groups in total. The van der Waals surface area contributed by atoms with Crippen LogP contribution in [-0.2, 0) is 6.18 Å². The molecule has 0 aliphatic rings. The molecule has 0 unspecified atom stereocenters. The number of amides is 1. The van der Waals surface area contributed by atoms with Gasteiger partial charge >= 0.3 is 6.18 Å². The number of nitrogens with one attached hydrogen (secondary N) is 1. The van der Waals surface area contributed by atoms with Gasteiger partial charge in [-0.1, -0.05) is 12.1 Å². The smallest absolute Gasteiger partial charge is 0.317 e. The number of carbonyl (C=O) groups excluding carboxylic acids is 1. The van der Waals surface area contributed by atoms with Crippen molar-refractivity contribution in [2.45, 2.75) is 20.0 Å². The molecule has 1 heterocycles. The lowest BCUT2D eigenvalue weighted by Gasteiger charge is -2.17. The van der Waals surface area contributed by atoms with Crippen LogP contribution in [0.5, 0.6) is 0 Å². The van der Waals surface area contributed by atoms with E-state index in [0.29, 0.717) is 17.8 Å². The molecule has 0 atom stereocenters. The van der Waals surface area contributed by atoms with Crippen molar-refractivity contribution in [2.24, 2.45) is 0 Å².